The Kier molecular flexibility index (Phi) is 9.02. The van der Waals surface area contributed by atoms with Crippen molar-refractivity contribution >= 4 is 50.6 Å². The lowest BCUT2D eigenvalue weighted by Crippen LogP contribution is -2.31. The summed E-state index contributed by atoms with van der Waals surface area (Å²) in [5, 5.41) is 5.67. The first kappa shape index (κ1) is 39.3. The number of rotatable bonds is 8. The molecule has 1 unspecified atom stereocenters. The van der Waals surface area contributed by atoms with Gasteiger partial charge in [0.15, 0.2) is 17.5 Å². The minimum Gasteiger partial charge on any atom is -0.455 e. The Morgan fingerprint density at radius 2 is 1.07 bits per heavy atom. The molecule has 0 aliphatic heterocycles. The molecule has 5 nitrogen and oxygen atoms in total. The Hall–Kier alpha value is -8.93. The normalized spacial score (nSPS) is 15.8. The maximum absolute atomic E-state index is 7.16. The zero-order chi connectivity index (χ0) is 45.4. The first-order valence-corrected chi connectivity index (χ1v) is 23.7. The summed E-state index contributed by atoms with van der Waals surface area (Å²) >= 11 is 0. The molecule has 69 heavy (non-hydrogen) atoms. The molecule has 0 fully saturated rings. The second-order valence-electron chi connectivity index (χ2n) is 18.2. The number of allylic oxidation sites excluding steroid dienone is 6. The van der Waals surface area contributed by atoms with Crippen LogP contribution >= 0.6 is 0 Å². The summed E-state index contributed by atoms with van der Waals surface area (Å²) < 4.78 is 9.65. The second kappa shape index (κ2) is 15.9. The topological polar surface area (TPSA) is 56.7 Å². The van der Waals surface area contributed by atoms with E-state index < -0.39 is 0 Å². The summed E-state index contributed by atoms with van der Waals surface area (Å²) in [6.45, 7) is 0. The van der Waals surface area contributed by atoms with E-state index in [0.29, 0.717) is 29.3 Å². The molecule has 3 heterocycles. The Labute approximate surface area is 398 Å². The number of furan rings is 1. The quantitative estimate of drug-likeness (QED) is 0.153. The van der Waals surface area contributed by atoms with Crippen molar-refractivity contribution in [1.29, 1.82) is 0 Å². The zero-order valence-corrected chi connectivity index (χ0v) is 37.5. The molecule has 324 valence electrons. The molecule has 8 aromatic carbocycles. The standard InChI is InChI=1S/C64H42N4O/c1-6-17-40(18-7-1)41-29-31-46(32-30-41)63-65-62(45-25-14-5-15-26-45)66-64(67-63)49-37-53(43-21-10-3-11-22-43)59(54(38-49)44-23-12-4-13-24-44)68-56-34-33-52-51-28-16-27-50(42-19-8-2-9-20-42)60(51)69-61(52)58(56)55-36-47-35-48(47)39-57(55)68/h1-29,31-39,41,47H,30H2/t41?,47-/m0/s1. The molecule has 0 saturated carbocycles. The average Bonchev–Trinajstić information content (AvgIpc) is 3.99. The Bertz CT molecular complexity index is 4010. The van der Waals surface area contributed by atoms with E-state index in [1.807, 2.05) is 18.2 Å². The molecule has 3 aliphatic carbocycles. The molecule has 5 heteroatoms. The number of hydrogen-bond donors (Lipinski definition) is 0. The Morgan fingerprint density at radius 1 is 0.493 bits per heavy atom. The lowest BCUT2D eigenvalue weighted by molar-refractivity contribution is 0.673. The molecule has 0 saturated heterocycles. The SMILES string of the molecule is C1=CC(c2ccccc2)CC=C1c1nc(-c2ccccc2)nc(-c2cc(-c3ccccc3)c(-n3c4c(c5c6oc7c(-c8ccccc8)cccc7c6ccc53)=C[C@@H]3C=C3C=4)c(-c3ccccc3)c2)n1. The highest BCUT2D eigenvalue weighted by Gasteiger charge is 2.29. The van der Waals surface area contributed by atoms with Gasteiger partial charge in [-0.2, -0.15) is 0 Å². The molecular weight excluding hydrogens is 841 g/mol. The van der Waals surface area contributed by atoms with Gasteiger partial charge in [-0.15, -0.1) is 0 Å². The van der Waals surface area contributed by atoms with Crippen LogP contribution < -0.4 is 10.6 Å². The van der Waals surface area contributed by atoms with Crippen molar-refractivity contribution < 1.29 is 4.42 Å². The predicted octanol–water partition coefficient (Wildman–Crippen LogP) is 14.3. The zero-order valence-electron chi connectivity index (χ0n) is 37.5. The number of nitrogens with zero attached hydrogens (tertiary/aromatic N) is 4. The molecule has 0 bridgehead atoms. The molecule has 0 N–H and O–H groups in total. The van der Waals surface area contributed by atoms with Gasteiger partial charge in [-0.1, -0.05) is 200 Å². The minimum absolute atomic E-state index is 0.293. The van der Waals surface area contributed by atoms with Crippen molar-refractivity contribution in [3.8, 4) is 61.8 Å². The van der Waals surface area contributed by atoms with Crippen LogP contribution in [0.5, 0.6) is 0 Å². The van der Waals surface area contributed by atoms with Crippen molar-refractivity contribution in [2.45, 2.75) is 12.3 Å². The van der Waals surface area contributed by atoms with Crippen molar-refractivity contribution in [3.63, 3.8) is 0 Å². The fourth-order valence-corrected chi connectivity index (χ4v) is 10.6. The van der Waals surface area contributed by atoms with Crippen LogP contribution in [0, 0.1) is 5.92 Å². The van der Waals surface area contributed by atoms with E-state index in [-0.39, 0.29) is 0 Å². The molecule has 11 aromatic rings. The lowest BCUT2D eigenvalue weighted by atomic mass is 9.90. The number of hydrogen-bond acceptors (Lipinski definition) is 4. The van der Waals surface area contributed by atoms with Crippen LogP contribution in [0.4, 0.5) is 0 Å². The highest BCUT2D eigenvalue weighted by atomic mass is 16.3. The van der Waals surface area contributed by atoms with Gasteiger partial charge in [0, 0.05) is 61.2 Å². The van der Waals surface area contributed by atoms with Crippen molar-refractivity contribution in [1.82, 2.24) is 19.5 Å². The van der Waals surface area contributed by atoms with Gasteiger partial charge < -0.3 is 8.98 Å². The summed E-state index contributed by atoms with van der Waals surface area (Å²) in [5.41, 5.74) is 16.0. The van der Waals surface area contributed by atoms with Crippen molar-refractivity contribution in [2.24, 2.45) is 5.92 Å². The van der Waals surface area contributed by atoms with E-state index in [2.05, 4.69) is 217 Å². The van der Waals surface area contributed by atoms with Crippen LogP contribution in [0.15, 0.2) is 228 Å². The van der Waals surface area contributed by atoms with Crippen LogP contribution in [-0.4, -0.2) is 19.5 Å². The van der Waals surface area contributed by atoms with E-state index >= 15 is 0 Å². The van der Waals surface area contributed by atoms with Gasteiger partial charge in [0.25, 0.3) is 0 Å². The molecule has 0 radical (unpaired) electrons. The van der Waals surface area contributed by atoms with Crippen LogP contribution in [0.25, 0.3) is 112 Å². The summed E-state index contributed by atoms with van der Waals surface area (Å²) in [6.07, 6.45) is 14.8. The molecular formula is C64H42N4O. The summed E-state index contributed by atoms with van der Waals surface area (Å²) in [6, 6.07) is 68.6. The van der Waals surface area contributed by atoms with Gasteiger partial charge in [-0.05, 0) is 64.6 Å². The predicted molar refractivity (Wildman–Crippen MR) is 282 cm³/mol. The van der Waals surface area contributed by atoms with E-state index in [9.17, 15) is 0 Å². The van der Waals surface area contributed by atoms with Crippen molar-refractivity contribution in [3.05, 3.63) is 246 Å². The van der Waals surface area contributed by atoms with Crippen LogP contribution in [0.1, 0.15) is 23.7 Å². The van der Waals surface area contributed by atoms with E-state index in [1.54, 1.807) is 0 Å². The van der Waals surface area contributed by atoms with Gasteiger partial charge in [-0.3, -0.25) is 0 Å². The van der Waals surface area contributed by atoms with E-state index in [1.165, 1.54) is 16.4 Å². The molecule has 14 rings (SSSR count). The molecule has 3 aromatic heterocycles. The summed E-state index contributed by atoms with van der Waals surface area (Å²) in [5.74, 6) is 2.51. The second-order valence-corrected chi connectivity index (χ2v) is 18.2. The third-order valence-electron chi connectivity index (χ3n) is 14.1. The highest BCUT2D eigenvalue weighted by molar-refractivity contribution is 6.18. The maximum atomic E-state index is 7.16. The first-order chi connectivity index (χ1) is 34.2. The third-order valence-corrected chi connectivity index (χ3v) is 14.1. The lowest BCUT2D eigenvalue weighted by Gasteiger charge is -2.21. The van der Waals surface area contributed by atoms with Gasteiger partial charge in [-0.25, -0.2) is 15.0 Å². The smallest absolute Gasteiger partial charge is 0.164 e. The average molecular weight is 883 g/mol. The van der Waals surface area contributed by atoms with E-state index in [0.717, 1.165) is 100 Å². The Balaban J connectivity index is 1.03. The van der Waals surface area contributed by atoms with E-state index in [4.69, 9.17) is 19.4 Å². The third kappa shape index (κ3) is 6.65. The summed E-state index contributed by atoms with van der Waals surface area (Å²) in [4.78, 5) is 15.8. The van der Waals surface area contributed by atoms with Crippen molar-refractivity contribution in [2.75, 3.05) is 0 Å². The molecule has 2 atom stereocenters. The summed E-state index contributed by atoms with van der Waals surface area (Å²) in [7, 11) is 0. The number of fused-ring (bicyclic) bond motifs is 8. The number of para-hydroxylation sites is 1. The highest BCUT2D eigenvalue weighted by Crippen LogP contribution is 2.44. The fraction of sp³-hybridized carbons (Fsp3) is 0.0469. The van der Waals surface area contributed by atoms with Gasteiger partial charge in [0.2, 0.25) is 0 Å². The number of benzene rings is 8. The molecule has 0 spiro atoms. The first-order valence-electron chi connectivity index (χ1n) is 23.7. The van der Waals surface area contributed by atoms with Gasteiger partial charge in [0.1, 0.15) is 11.2 Å². The molecule has 3 aliphatic rings. The van der Waals surface area contributed by atoms with Crippen LogP contribution in [0.3, 0.4) is 0 Å². The monoisotopic (exact) mass is 882 g/mol. The number of aromatic nitrogens is 4. The maximum Gasteiger partial charge on any atom is 0.164 e. The molecule has 0 amide bonds. The largest absolute Gasteiger partial charge is 0.455 e. The fourth-order valence-electron chi connectivity index (χ4n) is 10.6. The van der Waals surface area contributed by atoms with Gasteiger partial charge >= 0.3 is 0 Å². The van der Waals surface area contributed by atoms with Crippen LogP contribution in [0.2, 0.25) is 0 Å². The van der Waals surface area contributed by atoms with Gasteiger partial charge in [0.05, 0.1) is 21.9 Å². The Morgan fingerprint density at radius 3 is 1.71 bits per heavy atom. The van der Waals surface area contributed by atoms with Crippen LogP contribution in [-0.2, 0) is 0 Å². The minimum atomic E-state index is 0.293.